The quantitative estimate of drug-likeness (QED) is 0.716. The normalized spacial score (nSPS) is 13.2. The smallest absolute Gasteiger partial charge is 0.134 e. The molecular weight excluding hydrogens is 320 g/mol. The van der Waals surface area contributed by atoms with Crippen molar-refractivity contribution in [2.75, 3.05) is 5.32 Å². The Hall–Kier alpha value is -2.70. The SMILES string of the molecule is C=S(N)(=O)c1cccc(-c2cc(Nc3ccc(C)cc3)ncn2)c1. The highest BCUT2D eigenvalue weighted by Gasteiger charge is 2.07. The minimum Gasteiger partial charge on any atom is -0.340 e. The van der Waals surface area contributed by atoms with Gasteiger partial charge in [-0.3, -0.25) is 5.14 Å². The molecule has 3 aromatic rings. The fourth-order valence-corrected chi connectivity index (χ4v) is 2.87. The molecule has 0 bridgehead atoms. The average molecular weight is 338 g/mol. The van der Waals surface area contributed by atoms with Crippen LogP contribution >= 0.6 is 0 Å². The summed E-state index contributed by atoms with van der Waals surface area (Å²) < 4.78 is 11.9. The zero-order valence-electron chi connectivity index (χ0n) is 13.3. The molecule has 1 unspecified atom stereocenters. The summed E-state index contributed by atoms with van der Waals surface area (Å²) in [6, 6.07) is 17.0. The van der Waals surface area contributed by atoms with Crippen LogP contribution in [0.15, 0.2) is 65.8 Å². The largest absolute Gasteiger partial charge is 0.340 e. The Morgan fingerprint density at radius 1 is 1.08 bits per heavy atom. The fraction of sp³-hybridized carbons (Fsp3) is 0.0556. The van der Waals surface area contributed by atoms with Gasteiger partial charge in [-0.1, -0.05) is 29.8 Å². The Bertz CT molecular complexity index is 966. The minimum atomic E-state index is -2.76. The molecular formula is C18H18N4OS. The number of nitrogens with one attached hydrogen (secondary N) is 1. The highest BCUT2D eigenvalue weighted by Crippen LogP contribution is 2.23. The van der Waals surface area contributed by atoms with E-state index < -0.39 is 9.71 Å². The molecule has 0 fully saturated rings. The van der Waals surface area contributed by atoms with E-state index in [0.29, 0.717) is 16.4 Å². The number of hydrogen-bond donors (Lipinski definition) is 2. The lowest BCUT2D eigenvalue weighted by Crippen LogP contribution is -2.11. The second-order valence-electron chi connectivity index (χ2n) is 5.53. The number of hydrogen-bond acceptors (Lipinski definition) is 4. The molecule has 24 heavy (non-hydrogen) atoms. The van der Waals surface area contributed by atoms with Crippen LogP contribution in [0.3, 0.4) is 0 Å². The highest BCUT2D eigenvalue weighted by molar-refractivity contribution is 7.98. The van der Waals surface area contributed by atoms with Crippen LogP contribution in [0.25, 0.3) is 11.3 Å². The second kappa shape index (κ2) is 6.43. The predicted octanol–water partition coefficient (Wildman–Crippen LogP) is 3.14. The van der Waals surface area contributed by atoms with Crippen molar-refractivity contribution in [3.05, 3.63) is 66.5 Å². The summed E-state index contributed by atoms with van der Waals surface area (Å²) in [6.45, 7) is 2.04. The summed E-state index contributed by atoms with van der Waals surface area (Å²) in [5, 5.41) is 8.86. The molecule has 1 atom stereocenters. The van der Waals surface area contributed by atoms with Gasteiger partial charge in [0.05, 0.1) is 15.4 Å². The number of nitrogens with zero attached hydrogens (tertiary/aromatic N) is 2. The summed E-state index contributed by atoms with van der Waals surface area (Å²) in [5.74, 6) is 4.19. The molecule has 1 aromatic heterocycles. The van der Waals surface area contributed by atoms with Crippen LogP contribution in [0.2, 0.25) is 0 Å². The monoisotopic (exact) mass is 338 g/mol. The lowest BCUT2D eigenvalue weighted by Gasteiger charge is -2.09. The van der Waals surface area contributed by atoms with Crippen molar-refractivity contribution in [3.63, 3.8) is 0 Å². The Morgan fingerprint density at radius 3 is 2.54 bits per heavy atom. The summed E-state index contributed by atoms with van der Waals surface area (Å²) in [5.41, 5.74) is 3.66. The van der Waals surface area contributed by atoms with Crippen molar-refractivity contribution in [2.45, 2.75) is 11.8 Å². The number of anilines is 2. The van der Waals surface area contributed by atoms with E-state index in [1.54, 1.807) is 18.2 Å². The van der Waals surface area contributed by atoms with Crippen LogP contribution in [0.5, 0.6) is 0 Å². The van der Waals surface area contributed by atoms with Crippen molar-refractivity contribution < 1.29 is 4.21 Å². The molecule has 0 radical (unpaired) electrons. The third-order valence-electron chi connectivity index (χ3n) is 3.52. The molecule has 3 N–H and O–H groups in total. The van der Waals surface area contributed by atoms with Crippen LogP contribution in [-0.2, 0) is 9.71 Å². The van der Waals surface area contributed by atoms with Crippen molar-refractivity contribution in [1.82, 2.24) is 9.97 Å². The Kier molecular flexibility index (Phi) is 4.33. The molecule has 2 aromatic carbocycles. The molecule has 0 aliphatic heterocycles. The van der Waals surface area contributed by atoms with Gasteiger partial charge in [0, 0.05) is 22.2 Å². The van der Waals surface area contributed by atoms with E-state index in [4.69, 9.17) is 5.14 Å². The molecule has 6 heteroatoms. The third-order valence-corrected chi connectivity index (χ3v) is 4.57. The van der Waals surface area contributed by atoms with Crippen molar-refractivity contribution >= 4 is 27.1 Å². The first-order chi connectivity index (χ1) is 11.4. The summed E-state index contributed by atoms with van der Waals surface area (Å²) >= 11 is 0. The number of benzene rings is 2. The van der Waals surface area contributed by atoms with Gasteiger partial charge >= 0.3 is 0 Å². The number of rotatable bonds is 4. The second-order valence-corrected chi connectivity index (χ2v) is 7.46. The molecule has 0 aliphatic rings. The lowest BCUT2D eigenvalue weighted by molar-refractivity contribution is 0.682. The minimum absolute atomic E-state index is 0.492. The molecule has 0 saturated heterocycles. The number of nitrogens with two attached hydrogens (primary N) is 1. The van der Waals surface area contributed by atoms with E-state index in [1.807, 2.05) is 43.3 Å². The molecule has 3 rings (SSSR count). The standard InChI is InChI=1S/C18H18N4OS/c1-13-6-8-15(9-7-13)22-18-11-17(20-12-21-18)14-4-3-5-16(10-14)24(2,19)23/h3-12H,2H2,1H3,(H2,19,23)(H,20,21,22). The first-order valence-electron chi connectivity index (χ1n) is 7.33. The molecule has 1 heterocycles. The van der Waals surface area contributed by atoms with Crippen molar-refractivity contribution in [1.29, 1.82) is 0 Å². The zero-order valence-corrected chi connectivity index (χ0v) is 14.1. The maximum Gasteiger partial charge on any atom is 0.134 e. The molecule has 0 aliphatic carbocycles. The Balaban J connectivity index is 1.92. The maximum atomic E-state index is 11.9. The van der Waals surface area contributed by atoms with E-state index in [2.05, 4.69) is 21.2 Å². The lowest BCUT2D eigenvalue weighted by atomic mass is 10.1. The van der Waals surface area contributed by atoms with E-state index >= 15 is 0 Å². The third kappa shape index (κ3) is 3.79. The van der Waals surface area contributed by atoms with E-state index in [1.165, 1.54) is 11.9 Å². The van der Waals surface area contributed by atoms with Gasteiger partial charge in [-0.25, -0.2) is 14.2 Å². The van der Waals surface area contributed by atoms with Gasteiger partial charge in [0.15, 0.2) is 0 Å². The van der Waals surface area contributed by atoms with E-state index in [0.717, 1.165) is 11.3 Å². The van der Waals surface area contributed by atoms with Gasteiger partial charge in [0.2, 0.25) is 0 Å². The first-order valence-corrected chi connectivity index (χ1v) is 9.12. The van der Waals surface area contributed by atoms with Crippen LogP contribution in [0, 0.1) is 6.92 Å². The Labute approximate surface area is 141 Å². The molecule has 0 amide bonds. The van der Waals surface area contributed by atoms with Crippen LogP contribution in [0.4, 0.5) is 11.5 Å². The molecule has 5 nitrogen and oxygen atoms in total. The van der Waals surface area contributed by atoms with Crippen LogP contribution in [0.1, 0.15) is 5.56 Å². The average Bonchev–Trinajstić information content (AvgIpc) is 2.57. The van der Waals surface area contributed by atoms with Gasteiger partial charge < -0.3 is 5.32 Å². The van der Waals surface area contributed by atoms with Crippen LogP contribution < -0.4 is 10.5 Å². The summed E-state index contributed by atoms with van der Waals surface area (Å²) in [6.07, 6.45) is 1.49. The van der Waals surface area contributed by atoms with E-state index in [-0.39, 0.29) is 0 Å². The molecule has 122 valence electrons. The van der Waals surface area contributed by atoms with Gasteiger partial charge in [0.25, 0.3) is 0 Å². The molecule has 0 saturated carbocycles. The first kappa shape index (κ1) is 16.2. The predicted molar refractivity (Wildman–Crippen MR) is 99.6 cm³/mol. The number of aromatic nitrogens is 2. The topological polar surface area (TPSA) is 80.9 Å². The van der Waals surface area contributed by atoms with Gasteiger partial charge in [-0.2, -0.15) is 0 Å². The van der Waals surface area contributed by atoms with Crippen molar-refractivity contribution in [3.8, 4) is 11.3 Å². The maximum absolute atomic E-state index is 11.9. The zero-order chi connectivity index (χ0) is 17.2. The van der Waals surface area contributed by atoms with Crippen molar-refractivity contribution in [2.24, 2.45) is 5.14 Å². The summed E-state index contributed by atoms with van der Waals surface area (Å²) in [7, 11) is -2.76. The Morgan fingerprint density at radius 2 is 1.83 bits per heavy atom. The van der Waals surface area contributed by atoms with Gasteiger partial charge in [0.1, 0.15) is 12.1 Å². The van der Waals surface area contributed by atoms with E-state index in [9.17, 15) is 4.21 Å². The van der Waals surface area contributed by atoms with Gasteiger partial charge in [-0.05, 0) is 37.1 Å². The van der Waals surface area contributed by atoms with Crippen LogP contribution in [-0.4, -0.2) is 20.0 Å². The summed E-state index contributed by atoms with van der Waals surface area (Å²) in [4.78, 5) is 9.01. The molecule has 0 spiro atoms. The highest BCUT2D eigenvalue weighted by atomic mass is 32.2. The van der Waals surface area contributed by atoms with Gasteiger partial charge in [-0.15, -0.1) is 0 Å². The fourth-order valence-electron chi connectivity index (χ4n) is 2.24. The number of aryl methyl sites for hydroxylation is 1.